The van der Waals surface area contributed by atoms with Crippen molar-refractivity contribution in [2.75, 3.05) is 119 Å². The van der Waals surface area contributed by atoms with Gasteiger partial charge in [0.25, 0.3) is 0 Å². The Morgan fingerprint density at radius 3 is 0.716 bits per heavy atom. The number of rotatable bonds is 33. The molecule has 2 radical (unpaired) electrons. The first kappa shape index (κ1) is 66.5. The summed E-state index contributed by atoms with van der Waals surface area (Å²) in [5.41, 5.74) is 0. The van der Waals surface area contributed by atoms with E-state index in [1.807, 2.05) is 19.0 Å². The van der Waals surface area contributed by atoms with Gasteiger partial charge in [0.15, 0.2) is 23.8 Å². The fourth-order valence-electron chi connectivity index (χ4n) is 6.22. The third-order valence-electron chi connectivity index (χ3n) is 10.5. The van der Waals surface area contributed by atoms with Crippen LogP contribution in [-0.4, -0.2) is 139 Å². The largest absolute Gasteiger partial charge is 0.397 e. The van der Waals surface area contributed by atoms with Gasteiger partial charge in [0, 0.05) is 156 Å². The molecule has 3 aromatic rings. The first-order valence-electron chi connectivity index (χ1n) is 24.9. The van der Waals surface area contributed by atoms with Gasteiger partial charge in [-0.2, -0.15) is 0 Å². The van der Waals surface area contributed by atoms with Crippen molar-refractivity contribution in [3.63, 3.8) is 0 Å². The van der Waals surface area contributed by atoms with Crippen LogP contribution in [0.5, 0.6) is 0 Å². The molecule has 67 heavy (non-hydrogen) atoms. The van der Waals surface area contributed by atoms with E-state index in [0.29, 0.717) is 29.7 Å². The minimum absolute atomic E-state index is 0. The van der Waals surface area contributed by atoms with Crippen LogP contribution in [0.3, 0.4) is 0 Å². The molecular formula is C47H90N18Y2-4. The predicted molar refractivity (Wildman–Crippen MR) is 278 cm³/mol. The zero-order valence-electron chi connectivity index (χ0n) is 44.7. The Labute approximate surface area is 458 Å². The van der Waals surface area contributed by atoms with E-state index in [9.17, 15) is 0 Å². The Morgan fingerprint density at radius 2 is 0.478 bits per heavy atom. The molecule has 0 fully saturated rings. The molecule has 3 rings (SSSR count). The Morgan fingerprint density at radius 1 is 0.284 bits per heavy atom. The Balaban J connectivity index is 0. The van der Waals surface area contributed by atoms with Gasteiger partial charge >= 0.3 is 0 Å². The van der Waals surface area contributed by atoms with Crippen molar-refractivity contribution >= 4 is 53.5 Å². The zero-order valence-corrected chi connectivity index (χ0v) is 50.4. The average molecular weight is 1090 g/mol. The maximum absolute atomic E-state index is 4.86. The van der Waals surface area contributed by atoms with Crippen molar-refractivity contribution in [3.05, 3.63) is 21.3 Å². The van der Waals surface area contributed by atoms with E-state index in [-0.39, 0.29) is 65.4 Å². The third-order valence-corrected chi connectivity index (χ3v) is 10.5. The molecule has 0 amide bonds. The molecule has 0 saturated carbocycles. The molecule has 0 aromatic carbocycles. The number of hydrogen-bond donors (Lipinski definition) is 0. The van der Waals surface area contributed by atoms with E-state index in [1.54, 1.807) is 28.2 Å². The quantitative estimate of drug-likeness (QED) is 0.0560. The molecule has 18 nitrogen and oxygen atoms in total. The Hall–Kier alpha value is -2.56. The summed E-state index contributed by atoms with van der Waals surface area (Å²) in [6, 6.07) is 0. The molecule has 0 saturated heterocycles. The zero-order chi connectivity index (χ0) is 48.2. The summed E-state index contributed by atoms with van der Waals surface area (Å²) in [5, 5.41) is 16.4. The summed E-state index contributed by atoms with van der Waals surface area (Å²) in [4.78, 5) is 51.3. The maximum atomic E-state index is 4.86. The predicted octanol–water partition coefficient (Wildman–Crippen LogP) is 11.8. The smallest absolute Gasteiger partial charge is 0.155 e. The summed E-state index contributed by atoms with van der Waals surface area (Å²) in [7, 11) is 10.8. The molecule has 3 aromatic heterocycles. The van der Waals surface area contributed by atoms with Crippen molar-refractivity contribution in [1.82, 2.24) is 44.9 Å². The topological polar surface area (TPSA) is 189 Å². The van der Waals surface area contributed by atoms with Gasteiger partial charge in [-0.05, 0) is 79.6 Å². The summed E-state index contributed by atoms with van der Waals surface area (Å²) >= 11 is 0. The van der Waals surface area contributed by atoms with Gasteiger partial charge in [0.2, 0.25) is 0 Å². The molecule has 378 valence electrons. The fraction of sp³-hybridized carbons (Fsp3) is 0.809. The van der Waals surface area contributed by atoms with Crippen LogP contribution in [0.15, 0.2) is 0 Å². The molecule has 0 aliphatic heterocycles. The monoisotopic (exact) mass is 1080 g/mol. The van der Waals surface area contributed by atoms with Crippen LogP contribution < -0.4 is 24.5 Å². The molecule has 0 N–H and O–H groups in total. The Kier molecular flexibility index (Phi) is 42.0. The van der Waals surface area contributed by atoms with Gasteiger partial charge in [-0.25, -0.2) is 9.97 Å². The third kappa shape index (κ3) is 27.4. The van der Waals surface area contributed by atoms with Crippen molar-refractivity contribution in [2.45, 2.75) is 158 Å². The molecule has 0 spiro atoms. The molecule has 0 aliphatic carbocycles. The van der Waals surface area contributed by atoms with E-state index < -0.39 is 0 Å². The number of hydrogen-bond acceptors (Lipinski definition) is 14. The summed E-state index contributed by atoms with van der Waals surface area (Å²) in [6.45, 7) is 25.5. The van der Waals surface area contributed by atoms with Crippen molar-refractivity contribution in [3.8, 4) is 0 Å². The van der Waals surface area contributed by atoms with Gasteiger partial charge < -0.3 is 80.7 Å². The molecular weight excluding hydrogens is 994 g/mol. The number of nitrogens with zero attached hydrogens (tertiary/aromatic N) is 18. The van der Waals surface area contributed by atoms with E-state index in [0.717, 1.165) is 140 Å². The second kappa shape index (κ2) is 42.3. The maximum Gasteiger partial charge on any atom is 0.155 e. The molecule has 20 heteroatoms. The molecule has 0 unspecified atom stereocenters. The van der Waals surface area contributed by atoms with E-state index in [4.69, 9.17) is 9.97 Å². The molecule has 0 atom stereocenters. The fourth-order valence-corrected chi connectivity index (χ4v) is 6.22. The van der Waals surface area contributed by atoms with Gasteiger partial charge in [-0.3, -0.25) is 0 Å². The minimum atomic E-state index is 0. The molecule has 0 bridgehead atoms. The van der Waals surface area contributed by atoms with E-state index in [2.05, 4.69) is 131 Å². The van der Waals surface area contributed by atoms with Crippen LogP contribution in [0, 0.1) is 0 Å². The second-order valence-corrected chi connectivity index (χ2v) is 16.2. The van der Waals surface area contributed by atoms with Crippen LogP contribution in [0.2, 0.25) is 0 Å². The van der Waals surface area contributed by atoms with Crippen LogP contribution in [-0.2, 0) is 65.4 Å². The van der Waals surface area contributed by atoms with Gasteiger partial charge in [0.1, 0.15) is 0 Å². The number of anilines is 5. The van der Waals surface area contributed by atoms with Crippen LogP contribution >= 0.6 is 0 Å². The van der Waals surface area contributed by atoms with Crippen LogP contribution in [0.25, 0.3) is 21.3 Å². The SMILES string of the molecule is CCCCN(C)c1nc([N-]C)nc(N(CCCC)CCCC)n1.CCCCN(C)c1nc([N-]C)nc([N-]C)n1.CCCCN(CCCC)c1nc([N-]C)nc(N(CCCC)CCCC)n1.[Y].[Y]. The van der Waals surface area contributed by atoms with Crippen molar-refractivity contribution in [2.24, 2.45) is 0 Å². The van der Waals surface area contributed by atoms with E-state index in [1.165, 1.54) is 38.5 Å². The van der Waals surface area contributed by atoms with Crippen LogP contribution in [0.1, 0.15) is 158 Å². The summed E-state index contributed by atoms with van der Waals surface area (Å²) in [5.74, 6) is 5.61. The van der Waals surface area contributed by atoms with Crippen molar-refractivity contribution in [1.29, 1.82) is 0 Å². The molecule has 3 heterocycles. The summed E-state index contributed by atoms with van der Waals surface area (Å²) in [6.07, 6.45) is 18.5. The average Bonchev–Trinajstić information content (AvgIpc) is 3.34. The van der Waals surface area contributed by atoms with Crippen LogP contribution in [0.4, 0.5) is 53.5 Å². The second-order valence-electron chi connectivity index (χ2n) is 16.2. The minimum Gasteiger partial charge on any atom is -0.397 e. The first-order valence-corrected chi connectivity index (χ1v) is 24.9. The van der Waals surface area contributed by atoms with Gasteiger partial charge in [-0.1, -0.05) is 107 Å². The number of aromatic nitrogens is 9. The molecule has 0 aliphatic rings. The van der Waals surface area contributed by atoms with Crippen molar-refractivity contribution < 1.29 is 65.4 Å². The normalized spacial score (nSPS) is 10.2. The van der Waals surface area contributed by atoms with Gasteiger partial charge in [-0.15, -0.1) is 0 Å². The first-order chi connectivity index (χ1) is 31.6. The van der Waals surface area contributed by atoms with Gasteiger partial charge in [0.05, 0.1) is 5.95 Å². The van der Waals surface area contributed by atoms with E-state index >= 15 is 0 Å². The standard InChI is InChI=1S/C20H39N6.C17H33N6.C10H18N6.2Y/c1-6-10-14-25(15-11-7-2)19-22-18(21-5)23-20(24-19)26(16-12-8-3)17-13-9-4;1-6-9-12-22(5)16-19-15(18-4)20-17(21-16)23(13-10-7-2)14-11-8-3;1-5-6-7-16(4)10-14-8(11-2)13-9(12-3)15-10;;/h6-17H2,1-5H3;6-14H2,1-5H3;5-7H2,1-4H3;;/q2*-1;-2;;. The summed E-state index contributed by atoms with van der Waals surface area (Å²) < 4.78 is 0. The Bertz CT molecular complexity index is 1540. The number of unbranched alkanes of at least 4 members (excludes halogenated alkanes) is 8.